The van der Waals surface area contributed by atoms with Gasteiger partial charge in [-0.2, -0.15) is 0 Å². The fraction of sp³-hybridized carbons (Fsp3) is 0.619. The van der Waals surface area contributed by atoms with Gasteiger partial charge in [0.05, 0.1) is 0 Å². The van der Waals surface area contributed by atoms with E-state index in [2.05, 4.69) is 60.5 Å². The van der Waals surface area contributed by atoms with E-state index in [1.807, 2.05) is 0 Å². The maximum Gasteiger partial charge on any atom is 0.0378 e. The molecule has 1 fully saturated rings. The van der Waals surface area contributed by atoms with Crippen molar-refractivity contribution < 1.29 is 0 Å². The Hall–Kier alpha value is -1.28. The summed E-state index contributed by atoms with van der Waals surface area (Å²) in [4.78, 5) is 2.78. The van der Waals surface area contributed by atoms with Gasteiger partial charge in [-0.15, -0.1) is 0 Å². The van der Waals surface area contributed by atoms with E-state index in [0.29, 0.717) is 18.0 Å². The maximum atomic E-state index is 3.67. The number of nitrogens with zero attached hydrogens (tertiary/aromatic N) is 1. The molecule has 0 radical (unpaired) electrons. The van der Waals surface area contributed by atoms with Crippen LogP contribution in [0.5, 0.6) is 0 Å². The SMILES string of the molecule is CCCC1CC2C=CC1N(CCC1c3ccccc3NC1C)C2. The Labute approximate surface area is 141 Å². The zero-order valence-electron chi connectivity index (χ0n) is 14.5. The van der Waals surface area contributed by atoms with Crippen LogP contribution in [0.1, 0.15) is 51.0 Å². The number of para-hydroxylation sites is 1. The maximum absolute atomic E-state index is 3.67. The van der Waals surface area contributed by atoms with Crippen molar-refractivity contribution in [3.05, 3.63) is 42.0 Å². The van der Waals surface area contributed by atoms with Gasteiger partial charge in [-0.3, -0.25) is 4.90 Å². The smallest absolute Gasteiger partial charge is 0.0378 e. The molecule has 2 heteroatoms. The first-order valence-corrected chi connectivity index (χ1v) is 9.54. The number of fused-ring (bicyclic) bond motifs is 3. The molecule has 5 unspecified atom stereocenters. The summed E-state index contributed by atoms with van der Waals surface area (Å²) in [6.45, 7) is 7.21. The second kappa shape index (κ2) is 6.32. The van der Waals surface area contributed by atoms with Crippen molar-refractivity contribution >= 4 is 5.69 Å². The number of anilines is 1. The van der Waals surface area contributed by atoms with Crippen LogP contribution in [0.25, 0.3) is 0 Å². The molecule has 0 spiro atoms. The Bertz CT molecular complexity index is 579. The number of hydrogen-bond acceptors (Lipinski definition) is 2. The Morgan fingerprint density at radius 2 is 2.04 bits per heavy atom. The van der Waals surface area contributed by atoms with Gasteiger partial charge in [0.25, 0.3) is 0 Å². The lowest BCUT2D eigenvalue weighted by Crippen LogP contribution is -2.50. The predicted octanol–water partition coefficient (Wildman–Crippen LogP) is 4.65. The average molecular weight is 310 g/mol. The molecule has 1 aliphatic carbocycles. The van der Waals surface area contributed by atoms with Gasteiger partial charge in [0.15, 0.2) is 0 Å². The summed E-state index contributed by atoms with van der Waals surface area (Å²) >= 11 is 0. The van der Waals surface area contributed by atoms with Crippen molar-refractivity contribution in [1.29, 1.82) is 0 Å². The lowest BCUT2D eigenvalue weighted by Gasteiger charge is -2.47. The number of hydrogen-bond donors (Lipinski definition) is 1. The minimum Gasteiger partial charge on any atom is -0.382 e. The normalized spacial score (nSPS) is 35.3. The molecule has 124 valence electrons. The molecule has 23 heavy (non-hydrogen) atoms. The van der Waals surface area contributed by atoms with Crippen LogP contribution in [0, 0.1) is 11.8 Å². The fourth-order valence-corrected chi connectivity index (χ4v) is 5.19. The second-order valence-corrected chi connectivity index (χ2v) is 7.83. The van der Waals surface area contributed by atoms with Crippen LogP contribution in [-0.2, 0) is 0 Å². The van der Waals surface area contributed by atoms with Gasteiger partial charge >= 0.3 is 0 Å². The van der Waals surface area contributed by atoms with Crippen molar-refractivity contribution in [2.45, 2.75) is 57.5 Å². The highest BCUT2D eigenvalue weighted by atomic mass is 15.2. The molecule has 4 aliphatic rings. The van der Waals surface area contributed by atoms with Crippen LogP contribution >= 0.6 is 0 Å². The van der Waals surface area contributed by atoms with Gasteiger partial charge in [0.1, 0.15) is 0 Å². The quantitative estimate of drug-likeness (QED) is 0.796. The van der Waals surface area contributed by atoms with Crippen LogP contribution < -0.4 is 5.32 Å². The van der Waals surface area contributed by atoms with Gasteiger partial charge in [0.2, 0.25) is 0 Å². The molecule has 1 N–H and O–H groups in total. The summed E-state index contributed by atoms with van der Waals surface area (Å²) in [5, 5.41) is 3.67. The van der Waals surface area contributed by atoms with Crippen molar-refractivity contribution in [1.82, 2.24) is 4.90 Å². The van der Waals surface area contributed by atoms with Gasteiger partial charge in [-0.05, 0) is 56.2 Å². The number of piperidine rings is 1. The van der Waals surface area contributed by atoms with Crippen molar-refractivity contribution in [2.75, 3.05) is 18.4 Å². The van der Waals surface area contributed by atoms with Gasteiger partial charge < -0.3 is 5.32 Å². The number of nitrogens with one attached hydrogen (secondary N) is 1. The molecular weight excluding hydrogens is 280 g/mol. The van der Waals surface area contributed by atoms with E-state index in [4.69, 9.17) is 0 Å². The van der Waals surface area contributed by atoms with Crippen LogP contribution in [0.15, 0.2) is 36.4 Å². The van der Waals surface area contributed by atoms with E-state index in [-0.39, 0.29) is 0 Å². The third-order valence-corrected chi connectivity index (χ3v) is 6.29. The summed E-state index contributed by atoms with van der Waals surface area (Å²) in [7, 11) is 0. The molecule has 3 aliphatic heterocycles. The first kappa shape index (κ1) is 15.3. The first-order chi connectivity index (χ1) is 11.3. The van der Waals surface area contributed by atoms with Gasteiger partial charge in [-0.1, -0.05) is 43.7 Å². The molecular formula is C21H30N2. The Morgan fingerprint density at radius 3 is 2.87 bits per heavy atom. The molecule has 2 bridgehead atoms. The van der Waals surface area contributed by atoms with E-state index >= 15 is 0 Å². The van der Waals surface area contributed by atoms with Crippen LogP contribution in [0.3, 0.4) is 0 Å². The van der Waals surface area contributed by atoms with Gasteiger partial charge in [-0.25, -0.2) is 0 Å². The third-order valence-electron chi connectivity index (χ3n) is 6.29. The van der Waals surface area contributed by atoms with E-state index in [1.54, 1.807) is 0 Å². The molecule has 5 rings (SSSR count). The molecule has 0 amide bonds. The van der Waals surface area contributed by atoms with Crippen LogP contribution in [0.2, 0.25) is 0 Å². The monoisotopic (exact) mass is 310 g/mol. The van der Waals surface area contributed by atoms with E-state index < -0.39 is 0 Å². The lowest BCUT2D eigenvalue weighted by atomic mass is 9.75. The number of rotatable bonds is 5. The summed E-state index contributed by atoms with van der Waals surface area (Å²) in [6, 6.07) is 10.2. The minimum atomic E-state index is 0.566. The molecule has 3 heterocycles. The topological polar surface area (TPSA) is 15.3 Å². The molecule has 1 aromatic rings. The molecule has 2 nitrogen and oxygen atoms in total. The molecule has 0 saturated carbocycles. The van der Waals surface area contributed by atoms with Crippen LogP contribution in [0.4, 0.5) is 5.69 Å². The summed E-state index contributed by atoms with van der Waals surface area (Å²) in [5.41, 5.74) is 2.89. The largest absolute Gasteiger partial charge is 0.382 e. The first-order valence-electron chi connectivity index (χ1n) is 9.54. The highest BCUT2D eigenvalue weighted by molar-refractivity contribution is 5.58. The van der Waals surface area contributed by atoms with Crippen LogP contribution in [-0.4, -0.2) is 30.1 Å². The second-order valence-electron chi connectivity index (χ2n) is 7.83. The van der Waals surface area contributed by atoms with E-state index in [0.717, 1.165) is 11.8 Å². The Kier molecular flexibility index (Phi) is 4.19. The zero-order chi connectivity index (χ0) is 15.8. The average Bonchev–Trinajstić information content (AvgIpc) is 2.89. The van der Waals surface area contributed by atoms with E-state index in [9.17, 15) is 0 Å². The summed E-state index contributed by atoms with van der Waals surface area (Å²) in [5.74, 6) is 2.37. The van der Waals surface area contributed by atoms with Crippen molar-refractivity contribution in [2.24, 2.45) is 11.8 Å². The molecule has 1 saturated heterocycles. The standard InChI is InChI=1S/C21H30N2/c1-3-6-17-13-16-9-10-21(17)23(14-16)12-11-18-15(2)22-20-8-5-4-7-19(18)20/h4-5,7-10,15-18,21-22H,3,6,11-14H2,1-2H3. The molecule has 5 atom stereocenters. The van der Waals surface area contributed by atoms with Crippen molar-refractivity contribution in [3.63, 3.8) is 0 Å². The Balaban J connectivity index is 1.43. The van der Waals surface area contributed by atoms with E-state index in [1.165, 1.54) is 50.0 Å². The fourth-order valence-electron chi connectivity index (χ4n) is 5.19. The highest BCUT2D eigenvalue weighted by Crippen LogP contribution is 2.40. The predicted molar refractivity (Wildman–Crippen MR) is 97.9 cm³/mol. The minimum absolute atomic E-state index is 0.566. The Morgan fingerprint density at radius 1 is 1.17 bits per heavy atom. The number of benzene rings is 1. The highest BCUT2D eigenvalue weighted by Gasteiger charge is 2.37. The summed E-state index contributed by atoms with van der Waals surface area (Å²) in [6.07, 6.45) is 10.4. The molecule has 0 aromatic heterocycles. The lowest BCUT2D eigenvalue weighted by molar-refractivity contribution is 0.0755. The third kappa shape index (κ3) is 2.82. The summed E-state index contributed by atoms with van der Waals surface area (Å²) < 4.78 is 0. The van der Waals surface area contributed by atoms with Crippen molar-refractivity contribution in [3.8, 4) is 0 Å². The van der Waals surface area contributed by atoms with Gasteiger partial charge in [0, 0.05) is 30.2 Å². The molecule has 1 aromatic carbocycles. The zero-order valence-corrected chi connectivity index (χ0v) is 14.5.